The third-order valence-electron chi connectivity index (χ3n) is 7.44. The fourth-order valence-electron chi connectivity index (χ4n) is 5.55. The molecule has 0 N–H and O–H groups in total. The summed E-state index contributed by atoms with van der Waals surface area (Å²) in [7, 11) is 0. The molecule has 0 unspecified atom stereocenters. The first-order valence-electron chi connectivity index (χ1n) is 13.7. The van der Waals surface area contributed by atoms with Gasteiger partial charge in [0, 0.05) is 10.2 Å². The van der Waals surface area contributed by atoms with Crippen LogP contribution in [0, 0.1) is 0 Å². The van der Waals surface area contributed by atoms with Gasteiger partial charge in [0.05, 0.1) is 27.4 Å². The molecule has 0 aliphatic carbocycles. The monoisotopic (exact) mass is 654 g/mol. The van der Waals surface area contributed by atoms with Crippen LogP contribution in [0.2, 0.25) is 0 Å². The van der Waals surface area contributed by atoms with Gasteiger partial charge in [0.2, 0.25) is 0 Å². The minimum absolute atomic E-state index is 0. The second-order valence-electron chi connectivity index (χ2n) is 10.1. The normalized spacial score (nSPS) is 14.5. The number of hydrogen-bond acceptors (Lipinski definition) is 5. The van der Waals surface area contributed by atoms with Crippen molar-refractivity contribution in [2.75, 3.05) is 10.2 Å². The van der Waals surface area contributed by atoms with Crippen LogP contribution in [0.15, 0.2) is 91.0 Å². The smallest absolute Gasteiger partial charge is 0.657 e. The zero-order chi connectivity index (χ0) is 27.9. The molecule has 1 fully saturated rings. The Kier molecular flexibility index (Phi) is 8.11. The van der Waals surface area contributed by atoms with Gasteiger partial charge in [0.25, 0.3) is 0 Å². The third kappa shape index (κ3) is 5.54. The molecule has 8 rings (SSSR count). The van der Waals surface area contributed by atoms with E-state index in [2.05, 4.69) is 97.1 Å². The molecule has 8 heteroatoms. The van der Waals surface area contributed by atoms with Gasteiger partial charge in [-0.2, -0.15) is 0 Å². The van der Waals surface area contributed by atoms with Gasteiger partial charge in [-0.15, -0.1) is 57.4 Å². The van der Waals surface area contributed by atoms with E-state index < -0.39 is 0 Å². The Bertz CT molecular complexity index is 1890. The summed E-state index contributed by atoms with van der Waals surface area (Å²) < 4.78 is 0.248. The fourth-order valence-corrected chi connectivity index (χ4v) is 10.4. The van der Waals surface area contributed by atoms with Crippen LogP contribution in [0.1, 0.15) is 32.9 Å². The van der Waals surface area contributed by atoms with Gasteiger partial charge < -0.3 is 9.97 Å². The van der Waals surface area contributed by atoms with E-state index in [-0.39, 0.29) is 21.1 Å². The first-order valence-corrected chi connectivity index (χ1v) is 17.0. The van der Waals surface area contributed by atoms with Crippen molar-refractivity contribution in [1.29, 1.82) is 0 Å². The molecular weight excluding hydrogens is 631 g/mol. The molecule has 2 aromatic carbocycles. The fraction of sp³-hybridized carbons (Fsp3) is 0.0857. The molecule has 5 aromatic rings. The van der Waals surface area contributed by atoms with Crippen LogP contribution < -0.4 is 9.97 Å². The van der Waals surface area contributed by atoms with E-state index in [1.807, 2.05) is 53.5 Å². The summed E-state index contributed by atoms with van der Waals surface area (Å²) >= 11 is 5.89. The topological polar surface area (TPSA) is 54.0 Å². The minimum atomic E-state index is 0. The summed E-state index contributed by atoms with van der Waals surface area (Å²) in [6.07, 6.45) is 8.30. The van der Waals surface area contributed by atoms with Crippen molar-refractivity contribution in [1.82, 2.24) is 19.9 Å². The van der Waals surface area contributed by atoms with E-state index >= 15 is 0 Å². The number of rotatable bonds is 3. The standard InChI is InChI=1S/C35H24N4S3.Ni/c1-3-7-22(8-4-1)32-26-13-11-24(36-26)19-25-12-14-27(37-25)33(23-9-5-2-6-10-23)29-16-18-31(39-29)34(30-17-15-28(32)38-30)35-41-20-40-21-42-35;/h1-19,35H,20-21H2;/q-2;+2. The van der Waals surface area contributed by atoms with Crippen LogP contribution in [0.25, 0.3) is 68.6 Å². The Labute approximate surface area is 272 Å². The molecule has 1 saturated heterocycles. The summed E-state index contributed by atoms with van der Waals surface area (Å²) in [5, 5.41) is 2.12. The molecule has 212 valence electrons. The van der Waals surface area contributed by atoms with E-state index in [1.54, 1.807) is 0 Å². The van der Waals surface area contributed by atoms with Crippen molar-refractivity contribution in [3.63, 3.8) is 0 Å². The molecule has 0 atom stereocenters. The van der Waals surface area contributed by atoms with E-state index in [9.17, 15) is 0 Å². The molecule has 0 radical (unpaired) electrons. The van der Waals surface area contributed by atoms with Gasteiger partial charge in [0.1, 0.15) is 0 Å². The average molecular weight is 655 g/mol. The van der Waals surface area contributed by atoms with E-state index in [4.69, 9.17) is 19.9 Å². The zero-order valence-electron chi connectivity index (χ0n) is 22.8. The van der Waals surface area contributed by atoms with Crippen LogP contribution in [0.5, 0.6) is 0 Å². The van der Waals surface area contributed by atoms with Gasteiger partial charge in [-0.3, -0.25) is 0 Å². The number of aromatic nitrogens is 4. The van der Waals surface area contributed by atoms with Crippen LogP contribution in [0.3, 0.4) is 0 Å². The van der Waals surface area contributed by atoms with E-state index in [1.165, 1.54) is 5.56 Å². The maximum absolute atomic E-state index is 5.29. The summed E-state index contributed by atoms with van der Waals surface area (Å²) in [5.41, 5.74) is 12.8. The second kappa shape index (κ2) is 12.3. The maximum atomic E-state index is 5.29. The SMILES string of the molecule is C1=Cc2nc1cc1nc(c(-c3ccccc3)c3ccc([n-]3)c(C3SCSCS3)c3ccc([n-]3)c2-c2ccccc2)C=C1.[Ni+2]. The Morgan fingerprint density at radius 1 is 0.558 bits per heavy atom. The molecule has 3 aliphatic rings. The molecular formula is C35H24N4NiS3. The van der Waals surface area contributed by atoms with Crippen LogP contribution in [-0.4, -0.2) is 20.1 Å². The number of thioether (sulfide) groups is 3. The van der Waals surface area contributed by atoms with Gasteiger partial charge in [0.15, 0.2) is 0 Å². The predicted octanol–water partition coefficient (Wildman–Crippen LogP) is 9.37. The molecule has 8 bridgehead atoms. The largest absolute Gasteiger partial charge is 2.00 e. The third-order valence-corrected chi connectivity index (χ3v) is 11.8. The van der Waals surface area contributed by atoms with Crippen molar-refractivity contribution in [3.8, 4) is 22.3 Å². The maximum Gasteiger partial charge on any atom is 2.00 e. The molecule has 6 heterocycles. The number of benzene rings is 2. The molecule has 0 amide bonds. The van der Waals surface area contributed by atoms with Gasteiger partial charge in [-0.1, -0.05) is 90.5 Å². The van der Waals surface area contributed by atoms with Crippen LogP contribution in [-0.2, 0) is 16.5 Å². The number of hydrogen-bond donors (Lipinski definition) is 0. The van der Waals surface area contributed by atoms with Crippen molar-refractivity contribution in [3.05, 3.63) is 119 Å². The molecule has 3 aromatic heterocycles. The molecule has 43 heavy (non-hydrogen) atoms. The zero-order valence-corrected chi connectivity index (χ0v) is 26.2. The van der Waals surface area contributed by atoms with Crippen molar-refractivity contribution in [2.45, 2.75) is 4.58 Å². The molecule has 4 nitrogen and oxygen atoms in total. The second-order valence-corrected chi connectivity index (χ2v) is 14.3. The van der Waals surface area contributed by atoms with Crippen molar-refractivity contribution < 1.29 is 16.5 Å². The summed E-state index contributed by atoms with van der Waals surface area (Å²) in [6, 6.07) is 31.5. The summed E-state index contributed by atoms with van der Waals surface area (Å²) in [5.74, 6) is 0. The number of nitrogens with zero attached hydrogens (tertiary/aromatic N) is 4. The predicted molar refractivity (Wildman–Crippen MR) is 183 cm³/mol. The van der Waals surface area contributed by atoms with Crippen LogP contribution in [0.4, 0.5) is 0 Å². The van der Waals surface area contributed by atoms with Crippen molar-refractivity contribution in [2.24, 2.45) is 0 Å². The Morgan fingerprint density at radius 3 is 1.51 bits per heavy atom. The first kappa shape index (κ1) is 28.4. The van der Waals surface area contributed by atoms with Gasteiger partial charge >= 0.3 is 16.5 Å². The first-order chi connectivity index (χ1) is 20.8. The average Bonchev–Trinajstić information content (AvgIpc) is 3.86. The van der Waals surface area contributed by atoms with E-state index in [0.29, 0.717) is 0 Å². The molecule has 3 aliphatic heterocycles. The van der Waals surface area contributed by atoms with Gasteiger partial charge in [-0.25, -0.2) is 9.97 Å². The summed E-state index contributed by atoms with van der Waals surface area (Å²) in [4.78, 5) is 20.7. The molecule has 0 spiro atoms. The Hall–Kier alpha value is -3.42. The Morgan fingerprint density at radius 2 is 1.02 bits per heavy atom. The molecule has 0 saturated carbocycles. The quantitative estimate of drug-likeness (QED) is 0.176. The van der Waals surface area contributed by atoms with Crippen molar-refractivity contribution >= 4 is 81.7 Å². The van der Waals surface area contributed by atoms with Crippen LogP contribution >= 0.6 is 35.3 Å². The minimum Gasteiger partial charge on any atom is -0.657 e. The number of fused-ring (bicyclic) bond motifs is 8. The van der Waals surface area contributed by atoms with Gasteiger partial charge in [-0.05, 0) is 52.6 Å². The Balaban J connectivity index is 0.00000300. The summed E-state index contributed by atoms with van der Waals surface area (Å²) in [6.45, 7) is 0. The van der Waals surface area contributed by atoms with E-state index in [0.717, 1.165) is 77.3 Å².